The molecule has 0 N–H and O–H groups in total. The molecule has 0 atom stereocenters. The van der Waals surface area contributed by atoms with Crippen molar-refractivity contribution in [3.8, 4) is 0 Å². The molecule has 0 saturated heterocycles. The Morgan fingerprint density at radius 2 is 0.882 bits per heavy atom. The number of rotatable bonds is 25. The van der Waals surface area contributed by atoms with Gasteiger partial charge in [0.05, 0.1) is 0 Å². The third kappa shape index (κ3) is 18.3. The number of nitrogens with zero attached hydrogens (tertiary/aromatic N) is 1. The lowest BCUT2D eigenvalue weighted by Crippen LogP contribution is -2.28. The fourth-order valence-electron chi connectivity index (χ4n) is 4.95. The molecule has 0 spiro atoms. The molecule has 1 aromatic carbocycles. The number of benzene rings is 1. The van der Waals surface area contributed by atoms with Crippen LogP contribution in [-0.4, -0.2) is 24.5 Å². The van der Waals surface area contributed by atoms with E-state index >= 15 is 0 Å². The lowest BCUT2D eigenvalue weighted by molar-refractivity contribution is 0.290. The molecule has 1 rings (SSSR count). The third-order valence-electron chi connectivity index (χ3n) is 7.25. The predicted octanol–water partition coefficient (Wildman–Crippen LogP) is 10.8. The summed E-state index contributed by atoms with van der Waals surface area (Å²) in [5.41, 5.74) is 2.58. The van der Waals surface area contributed by atoms with Crippen LogP contribution >= 0.6 is 0 Å². The highest BCUT2D eigenvalue weighted by molar-refractivity contribution is 5.64. The topological polar surface area (TPSA) is 3.24 Å². The van der Waals surface area contributed by atoms with Crippen molar-refractivity contribution in [3.63, 3.8) is 0 Å². The SMILES string of the molecule is C=C(CN(CCCCCCCCCCCC)CCCCCCCCCCCC)c1ccccc1. The summed E-state index contributed by atoms with van der Waals surface area (Å²) < 4.78 is 0. The van der Waals surface area contributed by atoms with Crippen molar-refractivity contribution in [3.05, 3.63) is 42.5 Å². The minimum Gasteiger partial charge on any atom is -0.299 e. The van der Waals surface area contributed by atoms with Gasteiger partial charge in [-0.2, -0.15) is 0 Å². The highest BCUT2D eigenvalue weighted by atomic mass is 15.1. The molecule has 0 saturated carbocycles. The Morgan fingerprint density at radius 1 is 0.529 bits per heavy atom. The van der Waals surface area contributed by atoms with Gasteiger partial charge in [-0.3, -0.25) is 4.90 Å². The molecular weight excluding hydrogens is 410 g/mol. The Hall–Kier alpha value is -1.08. The highest BCUT2D eigenvalue weighted by Crippen LogP contribution is 2.16. The Labute approximate surface area is 214 Å². The summed E-state index contributed by atoms with van der Waals surface area (Å²) in [5.74, 6) is 0. The van der Waals surface area contributed by atoms with Crippen LogP contribution in [-0.2, 0) is 0 Å². The average Bonchev–Trinajstić information content (AvgIpc) is 2.86. The van der Waals surface area contributed by atoms with E-state index in [4.69, 9.17) is 0 Å². The molecule has 0 aliphatic carbocycles. The highest BCUT2D eigenvalue weighted by Gasteiger charge is 2.08. The lowest BCUT2D eigenvalue weighted by Gasteiger charge is -2.23. The molecule has 0 radical (unpaired) electrons. The van der Waals surface area contributed by atoms with Gasteiger partial charge in [0.2, 0.25) is 0 Å². The summed E-state index contributed by atoms with van der Waals surface area (Å²) in [7, 11) is 0. The molecule has 1 nitrogen and oxygen atoms in total. The second kappa shape index (κ2) is 23.7. The van der Waals surface area contributed by atoms with E-state index in [0.717, 1.165) is 6.54 Å². The first-order valence-electron chi connectivity index (χ1n) is 15.2. The summed E-state index contributed by atoms with van der Waals surface area (Å²) >= 11 is 0. The van der Waals surface area contributed by atoms with E-state index in [1.165, 1.54) is 153 Å². The summed E-state index contributed by atoms with van der Waals surface area (Å²) in [6.45, 7) is 12.5. The summed E-state index contributed by atoms with van der Waals surface area (Å²) in [5, 5.41) is 0. The lowest BCUT2D eigenvalue weighted by atomic mass is 10.0. The predicted molar refractivity (Wildman–Crippen MR) is 156 cm³/mol. The van der Waals surface area contributed by atoms with E-state index in [1.54, 1.807) is 0 Å². The molecule has 1 aromatic rings. The zero-order chi connectivity index (χ0) is 24.5. The second-order valence-corrected chi connectivity index (χ2v) is 10.6. The van der Waals surface area contributed by atoms with Gasteiger partial charge in [-0.25, -0.2) is 0 Å². The zero-order valence-corrected chi connectivity index (χ0v) is 23.3. The van der Waals surface area contributed by atoms with Crippen LogP contribution in [0.15, 0.2) is 36.9 Å². The van der Waals surface area contributed by atoms with E-state index in [9.17, 15) is 0 Å². The van der Waals surface area contributed by atoms with Crippen LogP contribution in [0.3, 0.4) is 0 Å². The van der Waals surface area contributed by atoms with Crippen LogP contribution in [0.5, 0.6) is 0 Å². The van der Waals surface area contributed by atoms with Crippen molar-refractivity contribution in [2.45, 2.75) is 142 Å². The van der Waals surface area contributed by atoms with Crippen LogP contribution in [0.1, 0.15) is 148 Å². The van der Waals surface area contributed by atoms with E-state index < -0.39 is 0 Å². The molecule has 0 aliphatic heterocycles. The van der Waals surface area contributed by atoms with Gasteiger partial charge in [0.25, 0.3) is 0 Å². The minimum absolute atomic E-state index is 1.03. The maximum atomic E-state index is 4.42. The van der Waals surface area contributed by atoms with Crippen molar-refractivity contribution in [2.75, 3.05) is 19.6 Å². The van der Waals surface area contributed by atoms with E-state index in [0.29, 0.717) is 0 Å². The fraction of sp³-hybridized carbons (Fsp3) is 0.758. The fourth-order valence-corrected chi connectivity index (χ4v) is 4.95. The molecule has 196 valence electrons. The molecule has 0 amide bonds. The first-order valence-corrected chi connectivity index (χ1v) is 15.2. The van der Waals surface area contributed by atoms with Gasteiger partial charge in [-0.05, 0) is 37.1 Å². The minimum atomic E-state index is 1.03. The first kappa shape index (κ1) is 31.0. The van der Waals surface area contributed by atoms with Crippen molar-refractivity contribution >= 4 is 5.57 Å². The van der Waals surface area contributed by atoms with Crippen molar-refractivity contribution in [1.29, 1.82) is 0 Å². The summed E-state index contributed by atoms with van der Waals surface area (Å²) in [4.78, 5) is 2.69. The van der Waals surface area contributed by atoms with Crippen LogP contribution < -0.4 is 0 Å². The van der Waals surface area contributed by atoms with Crippen LogP contribution in [0.4, 0.5) is 0 Å². The quantitative estimate of drug-likeness (QED) is 0.129. The van der Waals surface area contributed by atoms with Gasteiger partial charge in [-0.15, -0.1) is 0 Å². The van der Waals surface area contributed by atoms with Gasteiger partial charge in [0.1, 0.15) is 0 Å². The molecule has 0 unspecified atom stereocenters. The monoisotopic (exact) mass is 469 g/mol. The second-order valence-electron chi connectivity index (χ2n) is 10.6. The number of hydrogen-bond donors (Lipinski definition) is 0. The summed E-state index contributed by atoms with van der Waals surface area (Å²) in [6.07, 6.45) is 28.3. The normalized spacial score (nSPS) is 11.4. The zero-order valence-electron chi connectivity index (χ0n) is 23.3. The van der Waals surface area contributed by atoms with E-state index in [-0.39, 0.29) is 0 Å². The smallest absolute Gasteiger partial charge is 0.0233 e. The van der Waals surface area contributed by atoms with Gasteiger partial charge >= 0.3 is 0 Å². The van der Waals surface area contributed by atoms with Crippen molar-refractivity contribution in [1.82, 2.24) is 4.90 Å². The van der Waals surface area contributed by atoms with E-state index in [2.05, 4.69) is 55.7 Å². The molecule has 0 bridgehead atoms. The average molecular weight is 470 g/mol. The van der Waals surface area contributed by atoms with Gasteiger partial charge in [-0.1, -0.05) is 166 Å². The standard InChI is InChI=1S/C33H59N/c1-4-6-8-10-12-14-16-18-20-25-29-34(31-32(3)33-27-23-22-24-28-33)30-26-21-19-17-15-13-11-9-7-5-2/h22-24,27-28H,3-21,25-26,29-31H2,1-2H3. The molecule has 1 heteroatoms. The third-order valence-corrected chi connectivity index (χ3v) is 7.25. The van der Waals surface area contributed by atoms with Gasteiger partial charge in [0, 0.05) is 6.54 Å². The number of hydrogen-bond acceptors (Lipinski definition) is 1. The molecule has 0 aliphatic rings. The molecule has 0 fully saturated rings. The Balaban J connectivity index is 2.21. The van der Waals surface area contributed by atoms with Crippen molar-refractivity contribution < 1.29 is 0 Å². The van der Waals surface area contributed by atoms with Crippen LogP contribution in [0.25, 0.3) is 5.57 Å². The molecule has 0 aromatic heterocycles. The maximum absolute atomic E-state index is 4.42. The van der Waals surface area contributed by atoms with Gasteiger partial charge < -0.3 is 0 Å². The Morgan fingerprint density at radius 3 is 1.26 bits per heavy atom. The van der Waals surface area contributed by atoms with Crippen LogP contribution in [0.2, 0.25) is 0 Å². The maximum Gasteiger partial charge on any atom is 0.0233 e. The first-order chi connectivity index (χ1) is 16.8. The van der Waals surface area contributed by atoms with Crippen LogP contribution in [0, 0.1) is 0 Å². The Bertz CT molecular complexity index is 525. The van der Waals surface area contributed by atoms with E-state index in [1.807, 2.05) is 0 Å². The largest absolute Gasteiger partial charge is 0.299 e. The van der Waals surface area contributed by atoms with Crippen molar-refractivity contribution in [2.24, 2.45) is 0 Å². The summed E-state index contributed by atoms with van der Waals surface area (Å²) in [6, 6.07) is 10.8. The molecule has 34 heavy (non-hydrogen) atoms. The van der Waals surface area contributed by atoms with Gasteiger partial charge in [0.15, 0.2) is 0 Å². The molecular formula is C33H59N. The molecule has 0 heterocycles. The Kier molecular flexibility index (Phi) is 21.5. The number of unbranched alkanes of at least 4 members (excludes halogenated alkanes) is 18.